The van der Waals surface area contributed by atoms with Gasteiger partial charge < -0.3 is 5.73 Å². The van der Waals surface area contributed by atoms with Gasteiger partial charge in [-0.25, -0.2) is 0 Å². The summed E-state index contributed by atoms with van der Waals surface area (Å²) in [4.78, 5) is 1.44. The molecular formula is C10H16BrNS. The van der Waals surface area contributed by atoms with Gasteiger partial charge in [-0.1, -0.05) is 0 Å². The zero-order chi connectivity index (χ0) is 9.90. The predicted octanol–water partition coefficient (Wildman–Crippen LogP) is 3.57. The Morgan fingerprint density at radius 3 is 2.69 bits per heavy atom. The number of hydrogen-bond acceptors (Lipinski definition) is 2. The van der Waals surface area contributed by atoms with Gasteiger partial charge in [0.15, 0.2) is 0 Å². The van der Waals surface area contributed by atoms with Crippen LogP contribution in [0.15, 0.2) is 15.9 Å². The monoisotopic (exact) mass is 261 g/mol. The molecule has 0 amide bonds. The molecule has 0 spiro atoms. The van der Waals surface area contributed by atoms with E-state index in [2.05, 4.69) is 41.2 Å². The molecule has 1 heterocycles. The summed E-state index contributed by atoms with van der Waals surface area (Å²) in [5.74, 6) is 0. The summed E-state index contributed by atoms with van der Waals surface area (Å²) < 4.78 is 1.19. The molecule has 0 saturated carbocycles. The molecule has 0 aliphatic rings. The van der Waals surface area contributed by atoms with E-state index in [9.17, 15) is 0 Å². The van der Waals surface area contributed by atoms with E-state index in [0.29, 0.717) is 0 Å². The summed E-state index contributed by atoms with van der Waals surface area (Å²) in [6, 6.07) is 2.19. The van der Waals surface area contributed by atoms with Gasteiger partial charge in [0.05, 0.1) is 0 Å². The van der Waals surface area contributed by atoms with Crippen molar-refractivity contribution in [2.45, 2.75) is 38.6 Å². The van der Waals surface area contributed by atoms with E-state index in [0.717, 1.165) is 12.8 Å². The molecule has 1 aromatic rings. The van der Waals surface area contributed by atoms with Crippen LogP contribution in [0.3, 0.4) is 0 Å². The molecule has 0 bridgehead atoms. The lowest BCUT2D eigenvalue weighted by molar-refractivity contribution is 0.460. The predicted molar refractivity (Wildman–Crippen MR) is 63.2 cm³/mol. The van der Waals surface area contributed by atoms with Gasteiger partial charge in [0.2, 0.25) is 0 Å². The molecule has 0 atom stereocenters. The summed E-state index contributed by atoms with van der Waals surface area (Å²) in [6.45, 7) is 4.16. The Morgan fingerprint density at radius 2 is 2.23 bits per heavy atom. The largest absolute Gasteiger partial charge is 0.326 e. The maximum absolute atomic E-state index is 5.90. The highest BCUT2D eigenvalue weighted by atomic mass is 79.9. The maximum Gasteiger partial charge on any atom is 0.0285 e. The molecule has 2 N–H and O–H groups in total. The molecule has 1 aromatic heterocycles. The lowest BCUT2D eigenvalue weighted by atomic mass is 9.99. The number of hydrogen-bond donors (Lipinski definition) is 1. The minimum atomic E-state index is -0.0194. The first-order chi connectivity index (χ1) is 5.97. The van der Waals surface area contributed by atoms with Gasteiger partial charge in [-0.15, -0.1) is 11.3 Å². The van der Waals surface area contributed by atoms with Crippen LogP contribution in [-0.2, 0) is 6.42 Å². The molecule has 3 heteroatoms. The first kappa shape index (κ1) is 11.2. The van der Waals surface area contributed by atoms with Crippen molar-refractivity contribution in [1.82, 2.24) is 0 Å². The Morgan fingerprint density at radius 1 is 1.54 bits per heavy atom. The highest BCUT2D eigenvalue weighted by molar-refractivity contribution is 9.10. The summed E-state index contributed by atoms with van der Waals surface area (Å²) in [5, 5.41) is 2.13. The zero-order valence-electron chi connectivity index (χ0n) is 8.14. The molecule has 1 rings (SSSR count). The Bertz CT molecular complexity index is 262. The number of nitrogens with two attached hydrogens (primary N) is 1. The molecule has 0 aliphatic heterocycles. The molecule has 0 saturated heterocycles. The topological polar surface area (TPSA) is 26.0 Å². The lowest BCUT2D eigenvalue weighted by Gasteiger charge is -2.17. The summed E-state index contributed by atoms with van der Waals surface area (Å²) in [7, 11) is 0. The first-order valence-corrected chi connectivity index (χ1v) is 6.16. The van der Waals surface area contributed by atoms with Gasteiger partial charge in [-0.2, -0.15) is 0 Å². The van der Waals surface area contributed by atoms with Crippen molar-refractivity contribution in [3.8, 4) is 0 Å². The standard InChI is InChI=1S/C10H16BrNS/c1-10(2,12)5-3-4-9-6-8(11)7-13-9/h6-7H,3-5,12H2,1-2H3. The van der Waals surface area contributed by atoms with Crippen molar-refractivity contribution in [1.29, 1.82) is 0 Å². The van der Waals surface area contributed by atoms with Gasteiger partial charge in [-0.3, -0.25) is 0 Å². The van der Waals surface area contributed by atoms with Crippen LogP contribution in [0.4, 0.5) is 0 Å². The summed E-state index contributed by atoms with van der Waals surface area (Å²) >= 11 is 5.26. The minimum Gasteiger partial charge on any atom is -0.326 e. The van der Waals surface area contributed by atoms with Crippen molar-refractivity contribution in [2.75, 3.05) is 0 Å². The molecule has 0 aromatic carbocycles. The van der Waals surface area contributed by atoms with Crippen molar-refractivity contribution in [3.63, 3.8) is 0 Å². The Labute approximate surface area is 92.5 Å². The van der Waals surface area contributed by atoms with Crippen molar-refractivity contribution >= 4 is 27.3 Å². The van der Waals surface area contributed by atoms with Gasteiger partial charge >= 0.3 is 0 Å². The van der Waals surface area contributed by atoms with E-state index in [1.54, 1.807) is 0 Å². The molecule has 0 aliphatic carbocycles. The third-order valence-corrected chi connectivity index (χ3v) is 3.62. The molecule has 13 heavy (non-hydrogen) atoms. The third-order valence-electron chi connectivity index (χ3n) is 1.87. The second-order valence-electron chi connectivity index (χ2n) is 4.07. The fraction of sp³-hybridized carbons (Fsp3) is 0.600. The van der Waals surface area contributed by atoms with E-state index in [1.807, 2.05) is 11.3 Å². The molecule has 0 unspecified atom stereocenters. The molecule has 74 valence electrons. The third kappa shape index (κ3) is 4.79. The van der Waals surface area contributed by atoms with Crippen LogP contribution < -0.4 is 5.73 Å². The second-order valence-corrected chi connectivity index (χ2v) is 5.98. The number of halogens is 1. The quantitative estimate of drug-likeness (QED) is 0.882. The Balaban J connectivity index is 2.28. The van der Waals surface area contributed by atoms with Crippen LogP contribution in [-0.4, -0.2) is 5.54 Å². The average Bonchev–Trinajstić information content (AvgIpc) is 2.33. The Kier molecular flexibility index (Phi) is 3.95. The summed E-state index contributed by atoms with van der Waals surface area (Å²) in [6.07, 6.45) is 3.41. The first-order valence-electron chi connectivity index (χ1n) is 4.49. The SMILES string of the molecule is CC(C)(N)CCCc1cc(Br)cs1. The summed E-state index contributed by atoms with van der Waals surface area (Å²) in [5.41, 5.74) is 5.88. The van der Waals surface area contributed by atoms with Crippen LogP contribution in [0.5, 0.6) is 0 Å². The van der Waals surface area contributed by atoms with E-state index in [1.165, 1.54) is 15.8 Å². The highest BCUT2D eigenvalue weighted by Crippen LogP contribution is 2.22. The maximum atomic E-state index is 5.90. The number of aryl methyl sites for hydroxylation is 1. The fourth-order valence-electron chi connectivity index (χ4n) is 1.20. The molecule has 0 radical (unpaired) electrons. The number of thiophene rings is 1. The number of rotatable bonds is 4. The van der Waals surface area contributed by atoms with E-state index in [4.69, 9.17) is 5.73 Å². The van der Waals surface area contributed by atoms with Crippen LogP contribution in [0.1, 0.15) is 31.6 Å². The fourth-order valence-corrected chi connectivity index (χ4v) is 2.70. The smallest absolute Gasteiger partial charge is 0.0285 e. The highest BCUT2D eigenvalue weighted by Gasteiger charge is 2.09. The lowest BCUT2D eigenvalue weighted by Crippen LogP contribution is -2.31. The minimum absolute atomic E-state index is 0.0194. The molecule has 1 nitrogen and oxygen atoms in total. The second kappa shape index (κ2) is 4.58. The van der Waals surface area contributed by atoms with Crippen LogP contribution in [0, 0.1) is 0 Å². The normalized spacial score (nSPS) is 12.0. The van der Waals surface area contributed by atoms with Gasteiger partial charge in [0.25, 0.3) is 0 Å². The average molecular weight is 262 g/mol. The molecule has 0 fully saturated rings. The van der Waals surface area contributed by atoms with E-state index >= 15 is 0 Å². The van der Waals surface area contributed by atoms with Gasteiger partial charge in [0, 0.05) is 20.3 Å². The Hall–Kier alpha value is 0.140. The van der Waals surface area contributed by atoms with Gasteiger partial charge in [-0.05, 0) is 55.1 Å². The van der Waals surface area contributed by atoms with Crippen molar-refractivity contribution in [3.05, 3.63) is 20.8 Å². The molecular weight excluding hydrogens is 246 g/mol. The van der Waals surface area contributed by atoms with E-state index in [-0.39, 0.29) is 5.54 Å². The van der Waals surface area contributed by atoms with Crippen LogP contribution in [0.25, 0.3) is 0 Å². The van der Waals surface area contributed by atoms with Crippen LogP contribution >= 0.6 is 27.3 Å². The zero-order valence-corrected chi connectivity index (χ0v) is 10.5. The van der Waals surface area contributed by atoms with Crippen LogP contribution in [0.2, 0.25) is 0 Å². The van der Waals surface area contributed by atoms with Gasteiger partial charge in [0.1, 0.15) is 0 Å². The van der Waals surface area contributed by atoms with Crippen molar-refractivity contribution < 1.29 is 0 Å². The van der Waals surface area contributed by atoms with Crippen molar-refractivity contribution in [2.24, 2.45) is 5.73 Å². The van der Waals surface area contributed by atoms with E-state index < -0.39 is 0 Å².